The van der Waals surface area contributed by atoms with Gasteiger partial charge in [-0.3, -0.25) is 9.89 Å². The van der Waals surface area contributed by atoms with Crippen LogP contribution in [0.5, 0.6) is 0 Å². The third-order valence-corrected chi connectivity index (χ3v) is 3.48. The number of aromatic amines is 1. The van der Waals surface area contributed by atoms with Gasteiger partial charge in [0, 0.05) is 16.8 Å². The van der Waals surface area contributed by atoms with Crippen LogP contribution in [0, 0.1) is 6.92 Å². The van der Waals surface area contributed by atoms with Crippen LogP contribution in [0.15, 0.2) is 39.6 Å². The second-order valence-corrected chi connectivity index (χ2v) is 4.86. The second kappa shape index (κ2) is 4.55. The zero-order valence-electron chi connectivity index (χ0n) is 10.0. The lowest BCUT2D eigenvalue weighted by molar-refractivity contribution is 0.102. The van der Waals surface area contributed by atoms with Crippen LogP contribution >= 0.6 is 15.9 Å². The number of hydrogen-bond acceptors (Lipinski definition) is 3. The van der Waals surface area contributed by atoms with E-state index in [0.29, 0.717) is 15.9 Å². The molecule has 0 aliphatic rings. The molecule has 0 atom stereocenters. The minimum Gasteiger partial charge on any atom is -0.457 e. The van der Waals surface area contributed by atoms with Crippen molar-refractivity contribution in [1.29, 1.82) is 0 Å². The number of benzene rings is 1. The molecule has 0 saturated heterocycles. The number of anilines is 1. The standard InChI is InChI=1S/C13H10BrN3O2/c1-7-9-3-2-8(6-11(9)17-16-7)15-13(18)10-4-5-19-12(10)14/h2-6H,1H3,(H,15,18)(H,16,17). The number of fused-ring (bicyclic) bond motifs is 1. The van der Waals surface area contributed by atoms with Gasteiger partial charge in [0.25, 0.3) is 5.91 Å². The first-order valence-electron chi connectivity index (χ1n) is 5.64. The van der Waals surface area contributed by atoms with E-state index in [1.54, 1.807) is 6.07 Å². The van der Waals surface area contributed by atoms with E-state index in [9.17, 15) is 4.79 Å². The third kappa shape index (κ3) is 2.15. The first-order valence-corrected chi connectivity index (χ1v) is 6.43. The molecule has 0 radical (unpaired) electrons. The number of halogens is 1. The third-order valence-electron chi connectivity index (χ3n) is 2.87. The lowest BCUT2D eigenvalue weighted by Gasteiger charge is -2.03. The summed E-state index contributed by atoms with van der Waals surface area (Å²) in [5.41, 5.74) is 2.97. The molecule has 96 valence electrons. The summed E-state index contributed by atoms with van der Waals surface area (Å²) in [6, 6.07) is 7.20. The predicted molar refractivity (Wildman–Crippen MR) is 75.2 cm³/mol. The summed E-state index contributed by atoms with van der Waals surface area (Å²) in [4.78, 5) is 12.0. The molecule has 19 heavy (non-hydrogen) atoms. The lowest BCUT2D eigenvalue weighted by atomic mass is 10.2. The fourth-order valence-corrected chi connectivity index (χ4v) is 2.30. The Morgan fingerprint density at radius 2 is 2.26 bits per heavy atom. The molecule has 0 spiro atoms. The van der Waals surface area contributed by atoms with E-state index in [1.165, 1.54) is 6.26 Å². The maximum atomic E-state index is 12.0. The molecular formula is C13H10BrN3O2. The minimum atomic E-state index is -0.229. The molecule has 6 heteroatoms. The molecule has 0 saturated carbocycles. The molecule has 5 nitrogen and oxygen atoms in total. The van der Waals surface area contributed by atoms with Gasteiger partial charge in [-0.15, -0.1) is 0 Å². The van der Waals surface area contributed by atoms with Gasteiger partial charge in [0.15, 0.2) is 4.67 Å². The lowest BCUT2D eigenvalue weighted by Crippen LogP contribution is -2.11. The molecule has 0 bridgehead atoms. The minimum absolute atomic E-state index is 0.229. The molecule has 3 rings (SSSR count). The summed E-state index contributed by atoms with van der Waals surface area (Å²) in [5.74, 6) is -0.229. The normalized spacial score (nSPS) is 10.8. The van der Waals surface area contributed by atoms with Crippen molar-refractivity contribution in [2.24, 2.45) is 0 Å². The van der Waals surface area contributed by atoms with Crippen LogP contribution in [0.2, 0.25) is 0 Å². The van der Waals surface area contributed by atoms with Crippen molar-refractivity contribution in [2.45, 2.75) is 6.92 Å². The summed E-state index contributed by atoms with van der Waals surface area (Å²) in [6.45, 7) is 1.95. The van der Waals surface area contributed by atoms with Crippen molar-refractivity contribution >= 4 is 38.4 Å². The van der Waals surface area contributed by atoms with Gasteiger partial charge in [0.05, 0.1) is 17.3 Å². The van der Waals surface area contributed by atoms with Crippen molar-refractivity contribution in [3.05, 3.63) is 46.5 Å². The second-order valence-electron chi connectivity index (χ2n) is 4.14. The van der Waals surface area contributed by atoms with Crippen LogP contribution in [-0.2, 0) is 0 Å². The molecule has 1 aromatic carbocycles. The van der Waals surface area contributed by atoms with Gasteiger partial charge < -0.3 is 9.73 Å². The van der Waals surface area contributed by atoms with Gasteiger partial charge in [-0.2, -0.15) is 5.10 Å². The molecule has 1 amide bonds. The number of hydrogen-bond donors (Lipinski definition) is 2. The van der Waals surface area contributed by atoms with E-state index in [4.69, 9.17) is 4.42 Å². The van der Waals surface area contributed by atoms with Crippen molar-refractivity contribution in [3.63, 3.8) is 0 Å². The van der Waals surface area contributed by atoms with Gasteiger partial charge in [0.1, 0.15) is 0 Å². The maximum Gasteiger partial charge on any atom is 0.260 e. The number of aromatic nitrogens is 2. The summed E-state index contributed by atoms with van der Waals surface area (Å²) in [5, 5.41) is 10.9. The molecule has 0 fully saturated rings. The van der Waals surface area contributed by atoms with Crippen LogP contribution < -0.4 is 5.32 Å². The van der Waals surface area contributed by atoms with Crippen LogP contribution in [-0.4, -0.2) is 16.1 Å². The van der Waals surface area contributed by atoms with Crippen LogP contribution in [0.1, 0.15) is 16.1 Å². The Morgan fingerprint density at radius 1 is 1.42 bits per heavy atom. The number of amides is 1. The fraction of sp³-hybridized carbons (Fsp3) is 0.0769. The highest BCUT2D eigenvalue weighted by Crippen LogP contribution is 2.22. The monoisotopic (exact) mass is 319 g/mol. The number of carbonyl (C=O) groups is 1. The van der Waals surface area contributed by atoms with Crippen molar-refractivity contribution in [3.8, 4) is 0 Å². The van der Waals surface area contributed by atoms with E-state index < -0.39 is 0 Å². The predicted octanol–water partition coefficient (Wildman–Crippen LogP) is 3.48. The highest BCUT2D eigenvalue weighted by Gasteiger charge is 2.13. The number of nitrogens with one attached hydrogen (secondary N) is 2. The summed E-state index contributed by atoms with van der Waals surface area (Å²) in [6.07, 6.45) is 1.46. The zero-order chi connectivity index (χ0) is 13.4. The van der Waals surface area contributed by atoms with Crippen molar-refractivity contribution < 1.29 is 9.21 Å². The zero-order valence-corrected chi connectivity index (χ0v) is 11.6. The number of carbonyl (C=O) groups excluding carboxylic acids is 1. The quantitative estimate of drug-likeness (QED) is 0.759. The summed E-state index contributed by atoms with van der Waals surface area (Å²) >= 11 is 3.18. The highest BCUT2D eigenvalue weighted by atomic mass is 79.9. The first-order chi connectivity index (χ1) is 9.15. The van der Waals surface area contributed by atoms with Crippen molar-refractivity contribution in [1.82, 2.24) is 10.2 Å². The molecule has 3 aromatic rings. The smallest absolute Gasteiger partial charge is 0.260 e. The highest BCUT2D eigenvalue weighted by molar-refractivity contribution is 9.10. The van der Waals surface area contributed by atoms with Gasteiger partial charge in [0.2, 0.25) is 0 Å². The molecule has 2 heterocycles. The average Bonchev–Trinajstić information content (AvgIpc) is 2.96. The van der Waals surface area contributed by atoms with E-state index in [1.807, 2.05) is 25.1 Å². The number of rotatable bonds is 2. The van der Waals surface area contributed by atoms with Gasteiger partial charge >= 0.3 is 0 Å². The van der Waals surface area contributed by atoms with E-state index in [-0.39, 0.29) is 5.91 Å². The Labute approximate surface area is 117 Å². The maximum absolute atomic E-state index is 12.0. The van der Waals surface area contributed by atoms with Gasteiger partial charge in [-0.05, 0) is 47.1 Å². The number of H-pyrrole nitrogens is 1. The molecule has 0 aliphatic heterocycles. The SMILES string of the molecule is Cc1[nH]nc2cc(NC(=O)c3ccoc3Br)ccc12. The average molecular weight is 320 g/mol. The Hall–Kier alpha value is -2.08. The molecule has 0 unspecified atom stereocenters. The number of furan rings is 1. The van der Waals surface area contributed by atoms with Gasteiger partial charge in [-0.1, -0.05) is 0 Å². The first kappa shape index (κ1) is 12.0. The summed E-state index contributed by atoms with van der Waals surface area (Å²) in [7, 11) is 0. The van der Waals surface area contributed by atoms with E-state index in [0.717, 1.165) is 16.6 Å². The van der Waals surface area contributed by atoms with E-state index >= 15 is 0 Å². The molecule has 2 N–H and O–H groups in total. The molecule has 0 aliphatic carbocycles. The Balaban J connectivity index is 1.89. The van der Waals surface area contributed by atoms with Crippen LogP contribution in [0.4, 0.5) is 5.69 Å². The van der Waals surface area contributed by atoms with Crippen LogP contribution in [0.3, 0.4) is 0 Å². The number of aryl methyl sites for hydroxylation is 1. The largest absolute Gasteiger partial charge is 0.457 e. The number of nitrogens with zero attached hydrogens (tertiary/aromatic N) is 1. The van der Waals surface area contributed by atoms with Crippen LogP contribution in [0.25, 0.3) is 10.9 Å². The van der Waals surface area contributed by atoms with Crippen molar-refractivity contribution in [2.75, 3.05) is 5.32 Å². The summed E-state index contributed by atoms with van der Waals surface area (Å²) < 4.78 is 5.45. The Morgan fingerprint density at radius 3 is 3.00 bits per heavy atom. The Bertz CT molecular complexity index is 760. The fourth-order valence-electron chi connectivity index (χ4n) is 1.88. The topological polar surface area (TPSA) is 70.9 Å². The van der Waals surface area contributed by atoms with E-state index in [2.05, 4.69) is 31.4 Å². The molecule has 2 aromatic heterocycles. The Kier molecular flexibility index (Phi) is 2.87. The van der Waals surface area contributed by atoms with Gasteiger partial charge in [-0.25, -0.2) is 0 Å². The molecular weight excluding hydrogens is 310 g/mol.